The van der Waals surface area contributed by atoms with Gasteiger partial charge in [0, 0.05) is 23.7 Å². The number of carbonyl (C=O) groups excluding carboxylic acids is 1. The standard InChI is InChI=1S/C20H32N2O3/c1-20(2,3)19(25)21-16-8-6-15(7-9-16)5-4-11-22-12-10-18(24)13-17(22)14-23/h6-9,17-18,23-24H,4-5,10-14H2,1-3H3,(H,21,25). The number of piperidine rings is 1. The minimum atomic E-state index is -0.399. The van der Waals surface area contributed by atoms with Crippen LogP contribution in [0.4, 0.5) is 5.69 Å². The average Bonchev–Trinajstić information content (AvgIpc) is 2.56. The number of aryl methyl sites for hydroxylation is 1. The lowest BCUT2D eigenvalue weighted by Crippen LogP contribution is -2.46. The van der Waals surface area contributed by atoms with Gasteiger partial charge in [0.15, 0.2) is 0 Å². The molecule has 1 aromatic rings. The molecule has 1 heterocycles. The number of nitrogens with one attached hydrogen (secondary N) is 1. The number of amides is 1. The van der Waals surface area contributed by atoms with Crippen LogP contribution in [0.5, 0.6) is 0 Å². The van der Waals surface area contributed by atoms with Crippen molar-refractivity contribution in [2.75, 3.05) is 25.0 Å². The number of nitrogens with zero attached hydrogens (tertiary/aromatic N) is 1. The minimum Gasteiger partial charge on any atom is -0.395 e. The van der Waals surface area contributed by atoms with Crippen molar-refractivity contribution in [3.8, 4) is 0 Å². The highest BCUT2D eigenvalue weighted by atomic mass is 16.3. The van der Waals surface area contributed by atoms with E-state index in [1.807, 2.05) is 32.9 Å². The van der Waals surface area contributed by atoms with Crippen molar-refractivity contribution in [2.45, 2.75) is 58.6 Å². The molecule has 1 aliphatic heterocycles. The largest absolute Gasteiger partial charge is 0.395 e. The van der Waals surface area contributed by atoms with Crippen molar-refractivity contribution >= 4 is 11.6 Å². The van der Waals surface area contributed by atoms with Gasteiger partial charge in [-0.2, -0.15) is 0 Å². The maximum atomic E-state index is 12.0. The fourth-order valence-electron chi connectivity index (χ4n) is 3.12. The van der Waals surface area contributed by atoms with Gasteiger partial charge in [0.2, 0.25) is 5.91 Å². The highest BCUT2D eigenvalue weighted by Crippen LogP contribution is 2.20. The molecule has 25 heavy (non-hydrogen) atoms. The third-order valence-electron chi connectivity index (χ3n) is 4.82. The summed E-state index contributed by atoms with van der Waals surface area (Å²) in [5.74, 6) is 0.0163. The van der Waals surface area contributed by atoms with Crippen LogP contribution in [0.25, 0.3) is 0 Å². The molecular formula is C20H32N2O3. The van der Waals surface area contributed by atoms with Crippen LogP contribution in [-0.2, 0) is 11.2 Å². The lowest BCUT2D eigenvalue weighted by atomic mass is 9.95. The highest BCUT2D eigenvalue weighted by molar-refractivity contribution is 5.94. The van der Waals surface area contributed by atoms with E-state index in [9.17, 15) is 15.0 Å². The Bertz CT molecular complexity index is 551. The first-order valence-electron chi connectivity index (χ1n) is 9.23. The number of aliphatic hydroxyl groups is 2. The fourth-order valence-corrected chi connectivity index (χ4v) is 3.12. The second-order valence-corrected chi connectivity index (χ2v) is 8.06. The molecule has 1 fully saturated rings. The molecule has 1 aliphatic rings. The van der Waals surface area contributed by atoms with E-state index in [2.05, 4.69) is 22.3 Å². The molecule has 0 radical (unpaired) electrons. The number of rotatable bonds is 6. The molecule has 2 atom stereocenters. The van der Waals surface area contributed by atoms with E-state index >= 15 is 0 Å². The maximum absolute atomic E-state index is 12.0. The van der Waals surface area contributed by atoms with Crippen LogP contribution >= 0.6 is 0 Å². The Morgan fingerprint density at radius 2 is 1.96 bits per heavy atom. The topological polar surface area (TPSA) is 72.8 Å². The molecule has 2 unspecified atom stereocenters. The third kappa shape index (κ3) is 6.10. The van der Waals surface area contributed by atoms with Crippen molar-refractivity contribution in [2.24, 2.45) is 5.41 Å². The molecule has 1 aromatic carbocycles. The summed E-state index contributed by atoms with van der Waals surface area (Å²) < 4.78 is 0. The molecule has 5 heteroatoms. The van der Waals surface area contributed by atoms with E-state index in [-0.39, 0.29) is 24.7 Å². The quantitative estimate of drug-likeness (QED) is 0.738. The Balaban J connectivity index is 1.79. The van der Waals surface area contributed by atoms with Gasteiger partial charge < -0.3 is 15.5 Å². The fraction of sp³-hybridized carbons (Fsp3) is 0.650. The van der Waals surface area contributed by atoms with Crippen molar-refractivity contribution in [1.82, 2.24) is 4.90 Å². The Morgan fingerprint density at radius 1 is 1.28 bits per heavy atom. The number of hydrogen-bond acceptors (Lipinski definition) is 4. The number of likely N-dealkylation sites (tertiary alicyclic amines) is 1. The lowest BCUT2D eigenvalue weighted by molar-refractivity contribution is -0.123. The monoisotopic (exact) mass is 348 g/mol. The van der Waals surface area contributed by atoms with E-state index in [1.165, 1.54) is 5.56 Å². The summed E-state index contributed by atoms with van der Waals surface area (Å²) in [4.78, 5) is 14.3. The van der Waals surface area contributed by atoms with Gasteiger partial charge in [-0.15, -0.1) is 0 Å². The van der Waals surface area contributed by atoms with Crippen LogP contribution in [0.3, 0.4) is 0 Å². The molecule has 1 amide bonds. The smallest absolute Gasteiger partial charge is 0.229 e. The van der Waals surface area contributed by atoms with E-state index in [1.54, 1.807) is 0 Å². The van der Waals surface area contributed by atoms with E-state index < -0.39 is 5.41 Å². The van der Waals surface area contributed by atoms with Crippen molar-refractivity contribution < 1.29 is 15.0 Å². The summed E-state index contributed by atoms with van der Waals surface area (Å²) in [6.45, 7) is 7.59. The molecule has 1 saturated heterocycles. The predicted molar refractivity (Wildman–Crippen MR) is 101 cm³/mol. The van der Waals surface area contributed by atoms with Crippen molar-refractivity contribution in [3.63, 3.8) is 0 Å². The second-order valence-electron chi connectivity index (χ2n) is 8.06. The predicted octanol–water partition coefficient (Wildman–Crippen LogP) is 2.42. The molecule has 0 aliphatic carbocycles. The molecule has 0 saturated carbocycles. The summed E-state index contributed by atoms with van der Waals surface area (Å²) in [5, 5.41) is 22.1. The summed E-state index contributed by atoms with van der Waals surface area (Å²) in [7, 11) is 0. The third-order valence-corrected chi connectivity index (χ3v) is 4.82. The molecular weight excluding hydrogens is 316 g/mol. The van der Waals surface area contributed by atoms with Gasteiger partial charge in [-0.3, -0.25) is 9.69 Å². The van der Waals surface area contributed by atoms with Gasteiger partial charge in [0.05, 0.1) is 12.7 Å². The molecule has 0 aromatic heterocycles. The van der Waals surface area contributed by atoms with Crippen LogP contribution in [-0.4, -0.2) is 52.9 Å². The molecule has 0 bridgehead atoms. The lowest BCUT2D eigenvalue weighted by Gasteiger charge is -2.36. The second kappa shape index (κ2) is 8.79. The number of benzene rings is 1. The van der Waals surface area contributed by atoms with Gasteiger partial charge in [-0.1, -0.05) is 32.9 Å². The Hall–Kier alpha value is -1.43. The van der Waals surface area contributed by atoms with Crippen LogP contribution in [0.1, 0.15) is 45.6 Å². The van der Waals surface area contributed by atoms with Crippen molar-refractivity contribution in [1.29, 1.82) is 0 Å². The van der Waals surface area contributed by atoms with Crippen LogP contribution < -0.4 is 5.32 Å². The van der Waals surface area contributed by atoms with Gasteiger partial charge in [0.1, 0.15) is 0 Å². The number of carbonyl (C=O) groups is 1. The zero-order valence-electron chi connectivity index (χ0n) is 15.7. The molecule has 5 nitrogen and oxygen atoms in total. The first-order chi connectivity index (χ1) is 11.8. The SMILES string of the molecule is CC(C)(C)C(=O)Nc1ccc(CCCN2CCC(O)CC2CO)cc1. The zero-order valence-corrected chi connectivity index (χ0v) is 15.7. The van der Waals surface area contributed by atoms with Gasteiger partial charge in [-0.05, 0) is 49.9 Å². The highest BCUT2D eigenvalue weighted by Gasteiger charge is 2.26. The Kier molecular flexibility index (Phi) is 6.99. The average molecular weight is 348 g/mol. The minimum absolute atomic E-state index is 0.0163. The Morgan fingerprint density at radius 3 is 2.56 bits per heavy atom. The summed E-state index contributed by atoms with van der Waals surface area (Å²) in [6.07, 6.45) is 3.16. The summed E-state index contributed by atoms with van der Waals surface area (Å²) >= 11 is 0. The maximum Gasteiger partial charge on any atom is 0.229 e. The normalized spacial score (nSPS) is 22.0. The van der Waals surface area contributed by atoms with E-state index in [4.69, 9.17) is 0 Å². The first kappa shape index (κ1) is 19.9. The van der Waals surface area contributed by atoms with E-state index in [0.29, 0.717) is 6.42 Å². The van der Waals surface area contributed by atoms with Crippen molar-refractivity contribution in [3.05, 3.63) is 29.8 Å². The van der Waals surface area contributed by atoms with Crippen LogP contribution in [0, 0.1) is 5.41 Å². The molecule has 140 valence electrons. The van der Waals surface area contributed by atoms with Gasteiger partial charge >= 0.3 is 0 Å². The van der Waals surface area contributed by atoms with Gasteiger partial charge in [-0.25, -0.2) is 0 Å². The van der Waals surface area contributed by atoms with Crippen LogP contribution in [0.2, 0.25) is 0 Å². The Labute approximate surface area is 151 Å². The number of anilines is 1. The summed E-state index contributed by atoms with van der Waals surface area (Å²) in [5.41, 5.74) is 1.67. The zero-order chi connectivity index (χ0) is 18.4. The number of aliphatic hydroxyl groups excluding tert-OH is 2. The number of hydrogen-bond donors (Lipinski definition) is 3. The molecule has 0 spiro atoms. The van der Waals surface area contributed by atoms with Crippen LogP contribution in [0.15, 0.2) is 24.3 Å². The molecule has 2 rings (SSSR count). The molecule has 3 N–H and O–H groups in total. The summed E-state index contributed by atoms with van der Waals surface area (Å²) in [6, 6.07) is 8.10. The van der Waals surface area contributed by atoms with Gasteiger partial charge in [0.25, 0.3) is 0 Å². The van der Waals surface area contributed by atoms with E-state index in [0.717, 1.165) is 38.0 Å². The first-order valence-corrected chi connectivity index (χ1v) is 9.23.